The van der Waals surface area contributed by atoms with Crippen LogP contribution < -0.4 is 0 Å². The monoisotopic (exact) mass is 481 g/mol. The van der Waals surface area contributed by atoms with Crippen molar-refractivity contribution in [1.82, 2.24) is 0 Å². The molecule has 9 heteroatoms. The van der Waals surface area contributed by atoms with Gasteiger partial charge in [-0.15, -0.1) is 0 Å². The van der Waals surface area contributed by atoms with E-state index in [1.54, 1.807) is 18.2 Å². The first-order valence-electron chi connectivity index (χ1n) is 4.52. The third-order valence-corrected chi connectivity index (χ3v) is 5.17. The maximum atomic E-state index is 11.3. The Labute approximate surface area is 135 Å². The number of hydrogen-bond acceptors (Lipinski definition) is 4. The highest BCUT2D eigenvalue weighted by Crippen LogP contribution is 2.27. The molecule has 0 aliphatic carbocycles. The van der Waals surface area contributed by atoms with Crippen molar-refractivity contribution in [3.63, 3.8) is 0 Å². The van der Waals surface area contributed by atoms with E-state index in [1.807, 2.05) is 0 Å². The van der Waals surface area contributed by atoms with Gasteiger partial charge in [0.15, 0.2) is 4.62 Å². The molecule has 0 aliphatic heterocycles. The van der Waals surface area contributed by atoms with Gasteiger partial charge >= 0.3 is 10.1 Å². The summed E-state index contributed by atoms with van der Waals surface area (Å²) in [7, 11) is -3.68. The van der Waals surface area contributed by atoms with Crippen LogP contribution in [0.1, 0.15) is 5.56 Å². The Morgan fingerprint density at radius 2 is 2.11 bits per heavy atom. The van der Waals surface area contributed by atoms with Gasteiger partial charge in [0.25, 0.3) is 0 Å². The Kier molecular flexibility index (Phi) is 6.60. The molecule has 0 fully saturated rings. The first kappa shape index (κ1) is 16.4. The van der Waals surface area contributed by atoms with Crippen LogP contribution in [-0.4, -0.2) is 24.1 Å². The van der Waals surface area contributed by atoms with Crippen LogP contribution in [0.15, 0.2) is 27.8 Å². The molecule has 18 heavy (non-hydrogen) atoms. The first-order chi connectivity index (χ1) is 8.37. The summed E-state index contributed by atoms with van der Waals surface area (Å²) in [5.74, 6) is -0.166. The van der Waals surface area contributed by atoms with E-state index in [2.05, 4.69) is 57.2 Å². The lowest BCUT2D eigenvalue weighted by molar-refractivity contribution is 0.341. The summed E-state index contributed by atoms with van der Waals surface area (Å²) in [5, 5.41) is 4.21. The zero-order valence-corrected chi connectivity index (χ0v) is 15.1. The lowest BCUT2D eigenvalue weighted by atomic mass is 10.2. The van der Waals surface area contributed by atoms with E-state index in [0.29, 0.717) is 15.1 Å². The molecule has 0 atom stereocenters. The topological polar surface area (TPSA) is 55.7 Å². The summed E-state index contributed by atoms with van der Waals surface area (Å²) < 4.78 is 28.0. The van der Waals surface area contributed by atoms with Crippen molar-refractivity contribution in [3.8, 4) is 0 Å². The van der Waals surface area contributed by atoms with Crippen LogP contribution in [0.3, 0.4) is 0 Å². The van der Waals surface area contributed by atoms with Crippen molar-refractivity contribution >= 4 is 74.1 Å². The number of rotatable bonds is 5. The van der Waals surface area contributed by atoms with Crippen LogP contribution in [0.5, 0.6) is 0 Å². The number of hydrogen-bond donors (Lipinski definition) is 0. The summed E-state index contributed by atoms with van der Waals surface area (Å²) in [6.07, 6.45) is 0. The quantitative estimate of drug-likeness (QED) is 0.362. The molecule has 4 nitrogen and oxygen atoms in total. The standard InChI is InChI=1S/C9H7Br3ClNO3S/c10-4-5-18(15,16)17-14-9(12)8-6(11)2-1-3-7(8)13/h1-3H,4-5H2/b14-9+. The second-order valence-electron chi connectivity index (χ2n) is 3.00. The van der Waals surface area contributed by atoms with Crippen LogP contribution in [0, 0.1) is 0 Å². The Morgan fingerprint density at radius 3 is 2.67 bits per heavy atom. The fraction of sp³-hybridized carbons (Fsp3) is 0.222. The van der Waals surface area contributed by atoms with Gasteiger partial charge in [-0.1, -0.05) is 54.7 Å². The molecule has 0 amide bonds. The number of oxime groups is 1. The Balaban J connectivity index is 2.98. The molecule has 0 N–H and O–H groups in total. The average molecular weight is 484 g/mol. The molecular formula is C9H7Br3ClNO3S. The molecule has 100 valence electrons. The van der Waals surface area contributed by atoms with E-state index in [0.717, 1.165) is 0 Å². The first-order valence-corrected chi connectivity index (χ1v) is 9.19. The fourth-order valence-electron chi connectivity index (χ4n) is 0.962. The molecule has 0 bridgehead atoms. The number of nitrogens with zero attached hydrogens (tertiary/aromatic N) is 1. The summed E-state index contributed by atoms with van der Waals surface area (Å²) in [4.78, 5) is 0. The van der Waals surface area contributed by atoms with Crippen molar-refractivity contribution in [2.24, 2.45) is 5.16 Å². The molecule has 0 spiro atoms. The van der Waals surface area contributed by atoms with E-state index in [9.17, 15) is 8.42 Å². The SMILES string of the molecule is O=S(=O)(CCBr)O/N=C(/Br)c1c(Cl)cccc1Br. The Bertz CT molecular complexity index is 542. The zero-order chi connectivity index (χ0) is 13.8. The minimum atomic E-state index is -3.68. The van der Waals surface area contributed by atoms with E-state index in [1.165, 1.54) is 0 Å². The molecule has 0 heterocycles. The summed E-state index contributed by atoms with van der Waals surface area (Å²) >= 11 is 15.4. The predicted molar refractivity (Wildman–Crippen MR) is 83.3 cm³/mol. The summed E-state index contributed by atoms with van der Waals surface area (Å²) in [5.41, 5.74) is 0.521. The average Bonchev–Trinajstić information content (AvgIpc) is 2.26. The molecule has 0 unspecified atom stereocenters. The van der Waals surface area contributed by atoms with Crippen LogP contribution >= 0.6 is 59.4 Å². The van der Waals surface area contributed by atoms with Crippen LogP contribution in [0.25, 0.3) is 0 Å². The van der Waals surface area contributed by atoms with Crippen molar-refractivity contribution in [2.75, 3.05) is 11.1 Å². The highest BCUT2D eigenvalue weighted by molar-refractivity contribution is 9.18. The van der Waals surface area contributed by atoms with Crippen molar-refractivity contribution < 1.29 is 12.7 Å². The van der Waals surface area contributed by atoms with Gasteiger partial charge in [0, 0.05) is 15.4 Å². The van der Waals surface area contributed by atoms with E-state index in [-0.39, 0.29) is 15.7 Å². The molecule has 1 aromatic carbocycles. The second kappa shape index (κ2) is 7.23. The van der Waals surface area contributed by atoms with Gasteiger partial charge in [-0.25, -0.2) is 0 Å². The fourth-order valence-corrected chi connectivity index (χ4v) is 4.51. The van der Waals surface area contributed by atoms with Gasteiger partial charge in [0.2, 0.25) is 0 Å². The molecule has 0 saturated heterocycles. The largest absolute Gasteiger partial charge is 0.329 e. The molecule has 0 radical (unpaired) electrons. The van der Waals surface area contributed by atoms with Gasteiger partial charge < -0.3 is 0 Å². The maximum absolute atomic E-state index is 11.3. The van der Waals surface area contributed by atoms with E-state index < -0.39 is 10.1 Å². The molecule has 0 aliphatic rings. The summed E-state index contributed by atoms with van der Waals surface area (Å²) in [6, 6.07) is 5.16. The van der Waals surface area contributed by atoms with Gasteiger partial charge in [-0.3, -0.25) is 4.28 Å². The summed E-state index contributed by atoms with van der Waals surface area (Å²) in [6.45, 7) is 0. The third-order valence-electron chi connectivity index (χ3n) is 1.73. The van der Waals surface area contributed by atoms with E-state index >= 15 is 0 Å². The highest BCUT2D eigenvalue weighted by Gasteiger charge is 2.14. The lowest BCUT2D eigenvalue weighted by Gasteiger charge is -2.05. The smallest absolute Gasteiger partial charge is 0.267 e. The number of alkyl halides is 1. The lowest BCUT2D eigenvalue weighted by Crippen LogP contribution is -2.09. The molecule has 0 aromatic heterocycles. The van der Waals surface area contributed by atoms with Crippen molar-refractivity contribution in [1.29, 1.82) is 0 Å². The zero-order valence-electron chi connectivity index (χ0n) is 8.74. The van der Waals surface area contributed by atoms with Crippen molar-refractivity contribution in [2.45, 2.75) is 0 Å². The number of halogens is 4. The van der Waals surface area contributed by atoms with Gasteiger partial charge in [0.05, 0.1) is 10.8 Å². The third kappa shape index (κ3) is 4.80. The molecule has 1 rings (SSSR count). The van der Waals surface area contributed by atoms with Gasteiger partial charge in [-0.05, 0) is 28.1 Å². The normalized spacial score (nSPS) is 12.6. The van der Waals surface area contributed by atoms with Gasteiger partial charge in [0.1, 0.15) is 0 Å². The minimum Gasteiger partial charge on any atom is -0.267 e. The van der Waals surface area contributed by atoms with Crippen LogP contribution in [0.4, 0.5) is 0 Å². The molecular weight excluding hydrogens is 477 g/mol. The Morgan fingerprint density at radius 1 is 1.44 bits per heavy atom. The molecule has 1 aromatic rings. The van der Waals surface area contributed by atoms with Crippen LogP contribution in [-0.2, 0) is 14.4 Å². The second-order valence-corrected chi connectivity index (χ2v) is 7.48. The Hall–Kier alpha value is 0.370. The predicted octanol–water partition coefficient (Wildman–Crippen LogP) is 3.90. The minimum absolute atomic E-state index is 0.166. The number of benzene rings is 1. The van der Waals surface area contributed by atoms with Gasteiger partial charge in [-0.2, -0.15) is 8.42 Å². The maximum Gasteiger partial charge on any atom is 0.329 e. The van der Waals surface area contributed by atoms with Crippen LogP contribution in [0.2, 0.25) is 5.02 Å². The highest BCUT2D eigenvalue weighted by atomic mass is 79.9. The van der Waals surface area contributed by atoms with Crippen molar-refractivity contribution in [3.05, 3.63) is 33.3 Å². The molecule has 0 saturated carbocycles. The van der Waals surface area contributed by atoms with E-state index in [4.69, 9.17) is 11.6 Å².